The van der Waals surface area contributed by atoms with Crippen molar-refractivity contribution in [1.82, 2.24) is 10.1 Å². The molecule has 7 rings (SSSR count). The number of fused-ring (bicyclic) bond motifs is 3. The molecule has 1 atom stereocenters. The number of aliphatic hydroxyl groups excluding tert-OH is 1. The SMILES string of the molecule is CC(F)(F)c1nc(C23CCC(CN(c4cccc(-c5ccc(C(O)C(F)F)cc5)c4)C(=O)[C@H]4C[C@](O)(C(F)(F)F)C4)(CC2)CC3)no1. The first-order chi connectivity index (χ1) is 21.9. The van der Waals surface area contributed by atoms with Gasteiger partial charge in [0.1, 0.15) is 6.10 Å². The minimum atomic E-state index is -4.87. The highest BCUT2D eigenvalue weighted by Gasteiger charge is 2.63. The average molecular weight is 670 g/mol. The number of halogens is 7. The number of hydrogen-bond acceptors (Lipinski definition) is 6. The predicted octanol–water partition coefficient (Wildman–Crippen LogP) is 7.48. The predicted molar refractivity (Wildman–Crippen MR) is 155 cm³/mol. The van der Waals surface area contributed by atoms with Gasteiger partial charge in [-0.05, 0) is 85.6 Å². The molecule has 4 aliphatic carbocycles. The van der Waals surface area contributed by atoms with Crippen molar-refractivity contribution >= 4 is 11.6 Å². The number of carbonyl (C=O) groups excluding carboxylic acids is 1. The highest BCUT2D eigenvalue weighted by Crippen LogP contribution is 2.58. The van der Waals surface area contributed by atoms with Crippen molar-refractivity contribution in [3.8, 4) is 11.1 Å². The molecule has 47 heavy (non-hydrogen) atoms. The van der Waals surface area contributed by atoms with E-state index >= 15 is 0 Å². The summed E-state index contributed by atoms with van der Waals surface area (Å²) in [4.78, 5) is 19.4. The van der Waals surface area contributed by atoms with Gasteiger partial charge >= 0.3 is 12.1 Å². The zero-order valence-corrected chi connectivity index (χ0v) is 25.4. The molecule has 7 nitrogen and oxygen atoms in total. The summed E-state index contributed by atoms with van der Waals surface area (Å²) in [5.74, 6) is -5.40. The minimum absolute atomic E-state index is 0.0315. The van der Waals surface area contributed by atoms with Crippen LogP contribution < -0.4 is 4.90 Å². The van der Waals surface area contributed by atoms with E-state index in [9.17, 15) is 45.7 Å². The number of rotatable bonds is 9. The Morgan fingerprint density at radius 1 is 0.979 bits per heavy atom. The summed E-state index contributed by atoms with van der Waals surface area (Å²) >= 11 is 0. The topological polar surface area (TPSA) is 99.7 Å². The van der Waals surface area contributed by atoms with Gasteiger partial charge in [0.2, 0.25) is 5.91 Å². The van der Waals surface area contributed by atoms with Crippen LogP contribution in [0, 0.1) is 11.3 Å². The Morgan fingerprint density at radius 2 is 1.60 bits per heavy atom. The van der Waals surface area contributed by atoms with Crippen molar-refractivity contribution in [2.45, 2.75) is 93.9 Å². The van der Waals surface area contributed by atoms with Crippen molar-refractivity contribution < 1.29 is 50.3 Å². The Kier molecular flexibility index (Phi) is 8.22. The maximum absolute atomic E-state index is 13.9. The van der Waals surface area contributed by atoms with Gasteiger partial charge in [0, 0.05) is 30.5 Å². The van der Waals surface area contributed by atoms with Crippen molar-refractivity contribution in [1.29, 1.82) is 0 Å². The second-order valence-corrected chi connectivity index (χ2v) is 13.6. The molecular weight excluding hydrogens is 635 g/mol. The highest BCUT2D eigenvalue weighted by molar-refractivity contribution is 5.96. The molecule has 2 N–H and O–H groups in total. The van der Waals surface area contributed by atoms with Crippen LogP contribution in [0.4, 0.5) is 36.4 Å². The van der Waals surface area contributed by atoms with Crippen molar-refractivity contribution in [2.75, 3.05) is 11.4 Å². The molecule has 14 heteroatoms. The van der Waals surface area contributed by atoms with Crippen LogP contribution in [0.15, 0.2) is 53.1 Å². The number of anilines is 1. The number of alkyl halides is 7. The van der Waals surface area contributed by atoms with Crippen LogP contribution in [0.1, 0.15) is 81.7 Å². The summed E-state index contributed by atoms with van der Waals surface area (Å²) in [6.07, 6.45) is -7.85. The monoisotopic (exact) mass is 669 g/mol. The first-order valence-electron chi connectivity index (χ1n) is 15.4. The van der Waals surface area contributed by atoms with Crippen LogP contribution in [-0.2, 0) is 16.1 Å². The third-order valence-electron chi connectivity index (χ3n) is 10.5. The van der Waals surface area contributed by atoms with E-state index in [1.807, 2.05) is 0 Å². The van der Waals surface area contributed by atoms with Crippen molar-refractivity contribution in [3.05, 3.63) is 65.8 Å². The Hall–Kier alpha value is -3.52. The maximum atomic E-state index is 13.9. The van der Waals surface area contributed by atoms with E-state index in [1.54, 1.807) is 36.4 Å². The minimum Gasteiger partial charge on any atom is -0.382 e. The number of amides is 1. The summed E-state index contributed by atoms with van der Waals surface area (Å²) in [5.41, 5.74) is -2.22. The van der Waals surface area contributed by atoms with Crippen molar-refractivity contribution in [3.63, 3.8) is 0 Å². The zero-order valence-electron chi connectivity index (χ0n) is 25.4. The van der Waals surface area contributed by atoms with Crippen molar-refractivity contribution in [2.24, 2.45) is 11.3 Å². The lowest BCUT2D eigenvalue weighted by atomic mass is 9.53. The molecule has 0 radical (unpaired) electrons. The van der Waals surface area contributed by atoms with E-state index < -0.39 is 71.6 Å². The molecular formula is C33H34F7N3O4. The fraction of sp³-hybridized carbons (Fsp3) is 0.545. The number of nitrogens with zero attached hydrogens (tertiary/aromatic N) is 3. The number of aliphatic hydroxyl groups is 2. The van der Waals surface area contributed by atoms with Gasteiger partial charge in [0.25, 0.3) is 12.3 Å². The molecule has 2 bridgehead atoms. The first kappa shape index (κ1) is 33.4. The van der Waals surface area contributed by atoms with Crippen LogP contribution in [0.2, 0.25) is 0 Å². The van der Waals surface area contributed by atoms with E-state index in [1.165, 1.54) is 17.0 Å². The standard InChI is InChI=1S/C33H34F7N3O4/c1-29(36,37)28-41-27(42-47-28)31-12-9-30(10-13-31,11-14-31)18-43(26(45)22-16-32(46,17-22)33(38,39)40)23-4-2-3-21(15-23)19-5-7-20(8-6-19)24(44)25(34)35/h2-8,15,22,24-25,44,46H,9-14,16-18H2,1H3/t22-,24?,30?,31?,32+. The number of benzene rings is 2. The lowest BCUT2D eigenvalue weighted by Crippen LogP contribution is -2.60. The number of aromatic nitrogens is 2. The zero-order chi connectivity index (χ0) is 34.0. The normalized spacial score (nSPS) is 28.3. The quantitative estimate of drug-likeness (QED) is 0.229. The van der Waals surface area contributed by atoms with Crippen LogP contribution in [0.3, 0.4) is 0 Å². The van der Waals surface area contributed by atoms with Crippen LogP contribution >= 0.6 is 0 Å². The smallest absolute Gasteiger partial charge is 0.382 e. The fourth-order valence-electron chi connectivity index (χ4n) is 7.34. The molecule has 2 aromatic carbocycles. The van der Waals surface area contributed by atoms with Gasteiger partial charge in [-0.3, -0.25) is 4.79 Å². The summed E-state index contributed by atoms with van der Waals surface area (Å²) in [5, 5.41) is 23.7. The highest BCUT2D eigenvalue weighted by atomic mass is 19.4. The van der Waals surface area contributed by atoms with Crippen LogP contribution in [0.25, 0.3) is 11.1 Å². The Labute approximate surface area is 265 Å². The largest absolute Gasteiger partial charge is 0.417 e. The summed E-state index contributed by atoms with van der Waals surface area (Å²) < 4.78 is 98.8. The molecule has 1 aromatic heterocycles. The lowest BCUT2D eigenvalue weighted by Gasteiger charge is -2.54. The Balaban J connectivity index is 1.26. The second kappa shape index (κ2) is 11.6. The van der Waals surface area contributed by atoms with Gasteiger partial charge in [0.15, 0.2) is 11.4 Å². The summed E-state index contributed by atoms with van der Waals surface area (Å²) in [6.45, 7) is 0.871. The van der Waals surface area contributed by atoms with Crippen LogP contribution in [-0.4, -0.2) is 51.0 Å². The van der Waals surface area contributed by atoms with E-state index in [4.69, 9.17) is 4.52 Å². The molecule has 1 unspecified atom stereocenters. The maximum Gasteiger partial charge on any atom is 0.417 e. The van der Waals surface area contributed by atoms with E-state index in [0.717, 1.165) is 0 Å². The van der Waals surface area contributed by atoms with Gasteiger partial charge in [-0.15, -0.1) is 0 Å². The molecule has 1 heterocycles. The fourth-order valence-corrected chi connectivity index (χ4v) is 7.34. The second-order valence-electron chi connectivity index (χ2n) is 13.6. The van der Waals surface area contributed by atoms with E-state index in [-0.39, 0.29) is 17.9 Å². The van der Waals surface area contributed by atoms with Crippen LogP contribution in [0.5, 0.6) is 0 Å². The molecule has 0 aliphatic heterocycles. The number of hydrogen-bond donors (Lipinski definition) is 2. The third kappa shape index (κ3) is 6.14. The van der Waals surface area contributed by atoms with E-state index in [0.29, 0.717) is 62.3 Å². The molecule has 254 valence electrons. The summed E-state index contributed by atoms with van der Waals surface area (Å²) in [7, 11) is 0. The molecule has 4 aliphatic rings. The first-order valence-corrected chi connectivity index (χ1v) is 15.4. The Bertz CT molecular complexity index is 1590. The lowest BCUT2D eigenvalue weighted by molar-refractivity contribution is -0.295. The molecule has 3 aromatic rings. The average Bonchev–Trinajstić information content (AvgIpc) is 3.54. The molecule has 0 spiro atoms. The van der Waals surface area contributed by atoms with Gasteiger partial charge in [0.05, 0.1) is 0 Å². The molecule has 4 saturated carbocycles. The number of carbonyl (C=O) groups is 1. The molecule has 1 amide bonds. The van der Waals surface area contributed by atoms with Gasteiger partial charge in [-0.1, -0.05) is 41.6 Å². The van der Waals surface area contributed by atoms with Gasteiger partial charge in [-0.2, -0.15) is 26.9 Å². The van der Waals surface area contributed by atoms with E-state index in [2.05, 4.69) is 10.1 Å². The molecule has 4 fully saturated rings. The van der Waals surface area contributed by atoms with Gasteiger partial charge < -0.3 is 19.6 Å². The summed E-state index contributed by atoms with van der Waals surface area (Å²) in [6, 6.07) is 12.6. The third-order valence-corrected chi connectivity index (χ3v) is 10.5. The van der Waals surface area contributed by atoms with Gasteiger partial charge in [-0.25, -0.2) is 8.78 Å². The Morgan fingerprint density at radius 3 is 2.13 bits per heavy atom. The molecule has 0 saturated heterocycles.